The quantitative estimate of drug-likeness (QED) is 0.547. The first-order valence-corrected chi connectivity index (χ1v) is 11.3. The van der Waals surface area contributed by atoms with E-state index in [1.807, 2.05) is 13.8 Å². The van der Waals surface area contributed by atoms with Crippen molar-refractivity contribution in [1.29, 1.82) is 0 Å². The lowest BCUT2D eigenvalue weighted by molar-refractivity contribution is -0.137. The molecule has 182 valence electrons. The van der Waals surface area contributed by atoms with Crippen LogP contribution in [0, 0.1) is 18.8 Å². The highest BCUT2D eigenvalue weighted by Crippen LogP contribution is 2.40. The van der Waals surface area contributed by atoms with Crippen LogP contribution in [-0.2, 0) is 6.18 Å². The van der Waals surface area contributed by atoms with E-state index in [-0.39, 0.29) is 23.8 Å². The van der Waals surface area contributed by atoms with Crippen molar-refractivity contribution < 1.29 is 22.3 Å². The molecular formula is C22H26F3N7O2. The SMILES string of the molecule is Cc1nnc(N2C[C@H]3CC[C@@H](C2)[C@@H]3Nc2nc(Oc3cccc(C(F)(F)F)c3)n(C(C)C)n2)o1. The number of rotatable bonds is 6. The topological polar surface area (TPSA) is 94.1 Å². The fourth-order valence-electron chi connectivity index (χ4n) is 4.79. The molecule has 0 spiro atoms. The minimum absolute atomic E-state index is 0.0545. The Balaban J connectivity index is 1.32. The van der Waals surface area contributed by atoms with Crippen LogP contribution in [0.3, 0.4) is 0 Å². The van der Waals surface area contributed by atoms with Crippen molar-refractivity contribution in [3.8, 4) is 11.8 Å². The summed E-state index contributed by atoms with van der Waals surface area (Å²) in [4.78, 5) is 6.60. The van der Waals surface area contributed by atoms with Crippen molar-refractivity contribution in [2.45, 2.75) is 51.9 Å². The summed E-state index contributed by atoms with van der Waals surface area (Å²) in [5, 5.41) is 16.1. The van der Waals surface area contributed by atoms with Gasteiger partial charge in [0, 0.05) is 26.1 Å². The molecule has 12 heteroatoms. The largest absolute Gasteiger partial charge is 0.424 e. The third-order valence-electron chi connectivity index (χ3n) is 6.38. The summed E-state index contributed by atoms with van der Waals surface area (Å²) in [5.74, 6) is 1.70. The molecule has 3 heterocycles. The van der Waals surface area contributed by atoms with Gasteiger partial charge in [0.15, 0.2) is 0 Å². The number of nitrogens with zero attached hydrogens (tertiary/aromatic N) is 6. The second-order valence-corrected chi connectivity index (χ2v) is 9.16. The third-order valence-corrected chi connectivity index (χ3v) is 6.38. The Labute approximate surface area is 194 Å². The average molecular weight is 477 g/mol. The Morgan fingerprint density at radius 3 is 2.50 bits per heavy atom. The van der Waals surface area contributed by atoms with Crippen LogP contribution < -0.4 is 15.0 Å². The molecule has 1 saturated carbocycles. The minimum Gasteiger partial charge on any atom is -0.424 e. The molecule has 2 aromatic heterocycles. The molecule has 1 N–H and O–H groups in total. The van der Waals surface area contributed by atoms with Crippen molar-refractivity contribution in [3.05, 3.63) is 35.7 Å². The second kappa shape index (κ2) is 8.48. The maximum absolute atomic E-state index is 13.1. The van der Waals surface area contributed by atoms with Crippen LogP contribution in [0.5, 0.6) is 11.8 Å². The van der Waals surface area contributed by atoms with Crippen LogP contribution in [0.1, 0.15) is 44.2 Å². The van der Waals surface area contributed by atoms with Gasteiger partial charge in [0.2, 0.25) is 11.8 Å². The summed E-state index contributed by atoms with van der Waals surface area (Å²) in [5.41, 5.74) is -0.779. The fraction of sp³-hybridized carbons (Fsp3) is 0.545. The van der Waals surface area contributed by atoms with E-state index in [9.17, 15) is 13.2 Å². The van der Waals surface area contributed by atoms with Gasteiger partial charge in [0.1, 0.15) is 5.75 Å². The summed E-state index contributed by atoms with van der Waals surface area (Å²) in [7, 11) is 0. The fourth-order valence-corrected chi connectivity index (χ4v) is 4.79. The molecule has 3 aromatic rings. The number of fused-ring (bicyclic) bond motifs is 2. The van der Waals surface area contributed by atoms with Gasteiger partial charge in [-0.1, -0.05) is 11.2 Å². The van der Waals surface area contributed by atoms with Gasteiger partial charge in [-0.15, -0.1) is 10.2 Å². The van der Waals surface area contributed by atoms with E-state index in [2.05, 4.69) is 30.5 Å². The number of benzene rings is 1. The van der Waals surface area contributed by atoms with Gasteiger partial charge in [-0.2, -0.15) is 18.2 Å². The molecule has 2 bridgehead atoms. The van der Waals surface area contributed by atoms with Gasteiger partial charge in [0.05, 0.1) is 11.6 Å². The predicted octanol–water partition coefficient (Wildman–Crippen LogP) is 4.69. The van der Waals surface area contributed by atoms with Gasteiger partial charge in [-0.25, -0.2) is 4.68 Å². The van der Waals surface area contributed by atoms with Crippen LogP contribution in [0.2, 0.25) is 0 Å². The molecule has 34 heavy (non-hydrogen) atoms. The highest BCUT2D eigenvalue weighted by Gasteiger charge is 2.44. The summed E-state index contributed by atoms with van der Waals surface area (Å²) in [6, 6.07) is 5.51. The first kappa shape index (κ1) is 22.5. The molecule has 2 fully saturated rings. The highest BCUT2D eigenvalue weighted by molar-refractivity contribution is 5.36. The number of aryl methyl sites for hydroxylation is 1. The molecule has 0 radical (unpaired) electrons. The standard InChI is InChI=1S/C22H26F3N7O2/c1-12(2)32-20(34-17-6-4-5-16(9-17)22(23,24)25)27-19(30-32)26-18-14-7-8-15(18)11-31(10-14)21-29-28-13(3)33-21/h4-6,9,12,14-15,18H,7-8,10-11H2,1-3H3,(H,26,30)/t14-,15+,18-. The van der Waals surface area contributed by atoms with Gasteiger partial charge in [-0.3, -0.25) is 0 Å². The summed E-state index contributed by atoms with van der Waals surface area (Å²) >= 11 is 0. The maximum Gasteiger partial charge on any atom is 0.416 e. The lowest BCUT2D eigenvalue weighted by Crippen LogP contribution is -2.48. The first-order valence-electron chi connectivity index (χ1n) is 11.3. The van der Waals surface area contributed by atoms with E-state index in [0.717, 1.165) is 38.1 Å². The van der Waals surface area contributed by atoms with E-state index in [1.165, 1.54) is 12.1 Å². The second-order valence-electron chi connectivity index (χ2n) is 9.16. The normalized spacial score (nSPS) is 22.4. The number of nitrogens with one attached hydrogen (secondary N) is 1. The number of hydrogen-bond acceptors (Lipinski definition) is 8. The molecule has 1 saturated heterocycles. The number of aromatic nitrogens is 5. The van der Waals surface area contributed by atoms with Crippen LogP contribution in [0.15, 0.2) is 28.7 Å². The van der Waals surface area contributed by atoms with Crippen molar-refractivity contribution in [3.63, 3.8) is 0 Å². The Hall–Kier alpha value is -3.31. The molecule has 5 rings (SSSR count). The molecule has 9 nitrogen and oxygen atoms in total. The molecule has 1 aliphatic heterocycles. The third kappa shape index (κ3) is 4.40. The molecule has 1 aliphatic carbocycles. The molecule has 2 aliphatic rings. The van der Waals surface area contributed by atoms with E-state index >= 15 is 0 Å². The van der Waals surface area contributed by atoms with Gasteiger partial charge in [-0.05, 0) is 56.7 Å². The predicted molar refractivity (Wildman–Crippen MR) is 117 cm³/mol. The van der Waals surface area contributed by atoms with Crippen LogP contribution in [0.25, 0.3) is 0 Å². The van der Waals surface area contributed by atoms with Crippen molar-refractivity contribution in [2.24, 2.45) is 11.8 Å². The van der Waals surface area contributed by atoms with E-state index < -0.39 is 11.7 Å². The Morgan fingerprint density at radius 2 is 1.88 bits per heavy atom. The zero-order valence-electron chi connectivity index (χ0n) is 19.1. The van der Waals surface area contributed by atoms with Crippen LogP contribution in [0.4, 0.5) is 25.1 Å². The molecule has 0 amide bonds. The average Bonchev–Trinajstić information content (AvgIpc) is 3.44. The van der Waals surface area contributed by atoms with Gasteiger partial charge in [0.25, 0.3) is 0 Å². The highest BCUT2D eigenvalue weighted by atomic mass is 19.4. The van der Waals surface area contributed by atoms with Gasteiger partial charge < -0.3 is 19.4 Å². The number of anilines is 2. The van der Waals surface area contributed by atoms with E-state index in [0.29, 0.717) is 29.7 Å². The number of ether oxygens (including phenoxy) is 1. The van der Waals surface area contributed by atoms with E-state index in [4.69, 9.17) is 9.15 Å². The first-order chi connectivity index (χ1) is 16.2. The molecule has 0 unspecified atom stereocenters. The van der Waals surface area contributed by atoms with Crippen LogP contribution in [-0.4, -0.2) is 44.1 Å². The molecule has 3 atom stereocenters. The lowest BCUT2D eigenvalue weighted by Gasteiger charge is -2.37. The van der Waals surface area contributed by atoms with Crippen molar-refractivity contribution >= 4 is 12.0 Å². The molecular weight excluding hydrogens is 451 g/mol. The Kier molecular flexibility index (Phi) is 5.61. The zero-order valence-corrected chi connectivity index (χ0v) is 19.1. The van der Waals surface area contributed by atoms with Crippen molar-refractivity contribution in [1.82, 2.24) is 25.0 Å². The number of alkyl halides is 3. The van der Waals surface area contributed by atoms with Crippen molar-refractivity contribution in [2.75, 3.05) is 23.3 Å². The monoisotopic (exact) mass is 477 g/mol. The minimum atomic E-state index is -4.45. The smallest absolute Gasteiger partial charge is 0.416 e. The number of piperidine rings is 1. The lowest BCUT2D eigenvalue weighted by atomic mass is 9.92. The maximum atomic E-state index is 13.1. The Morgan fingerprint density at radius 1 is 1.15 bits per heavy atom. The summed E-state index contributed by atoms with van der Waals surface area (Å²) in [6.07, 6.45) is -2.33. The van der Waals surface area contributed by atoms with Gasteiger partial charge >= 0.3 is 18.2 Å². The van der Waals surface area contributed by atoms with E-state index in [1.54, 1.807) is 11.6 Å². The number of halogens is 3. The summed E-state index contributed by atoms with van der Waals surface area (Å²) in [6.45, 7) is 7.16. The van der Waals surface area contributed by atoms with Crippen LogP contribution >= 0.6 is 0 Å². The number of hydrogen-bond donors (Lipinski definition) is 1. The Bertz CT molecular complexity index is 1150. The summed E-state index contributed by atoms with van der Waals surface area (Å²) < 4.78 is 52.1. The zero-order chi connectivity index (χ0) is 24.0. The molecule has 1 aromatic carbocycles.